The highest BCUT2D eigenvalue weighted by atomic mass is 79.9. The Hall–Kier alpha value is -0.629. The van der Waals surface area contributed by atoms with Crippen LogP contribution in [0.3, 0.4) is 0 Å². The third kappa shape index (κ3) is 15.4. The van der Waals surface area contributed by atoms with E-state index in [4.69, 9.17) is 0 Å². The molecule has 348 valence electrons. The van der Waals surface area contributed by atoms with Crippen LogP contribution in [-0.4, -0.2) is 82.9 Å². The predicted molar refractivity (Wildman–Crippen MR) is 318 cm³/mol. The van der Waals surface area contributed by atoms with E-state index in [-0.39, 0.29) is 0 Å². The fourth-order valence-corrected chi connectivity index (χ4v) is 33.7. The maximum atomic E-state index is 3.92. The summed E-state index contributed by atoms with van der Waals surface area (Å²) in [4.78, 5) is 0. The summed E-state index contributed by atoms with van der Waals surface area (Å²) in [7, 11) is -5.58. The number of rotatable bonds is 33. The summed E-state index contributed by atoms with van der Waals surface area (Å²) in [5, 5.41) is 5.74. The van der Waals surface area contributed by atoms with Gasteiger partial charge in [-0.1, -0.05) is 208 Å². The summed E-state index contributed by atoms with van der Waals surface area (Å²) >= 11 is 16.1. The molecule has 4 aromatic carbocycles. The van der Waals surface area contributed by atoms with Crippen LogP contribution in [0.1, 0.15) is 67.2 Å². The van der Waals surface area contributed by atoms with Gasteiger partial charge in [-0.15, -0.1) is 0 Å². The summed E-state index contributed by atoms with van der Waals surface area (Å²) in [5.41, 5.74) is 8.76. The first-order chi connectivity index (χ1) is 31.5. The Morgan fingerprint density at radius 2 is 0.656 bits per heavy atom. The molecule has 0 N–H and O–H groups in total. The Morgan fingerprint density at radius 1 is 0.359 bits per heavy atom. The first-order valence-electron chi connectivity index (χ1n) is 24.3. The zero-order valence-electron chi connectivity index (χ0n) is 39.7. The molecule has 0 aromatic heterocycles. The fourth-order valence-electron chi connectivity index (χ4n) is 11.3. The highest BCUT2D eigenvalue weighted by Gasteiger charge is 2.50. The molecular weight excluding hydrogens is 1030 g/mol. The lowest BCUT2D eigenvalue weighted by atomic mass is 9.89. The molecule has 1 aliphatic rings. The van der Waals surface area contributed by atoms with Gasteiger partial charge in [0.25, 0.3) is 0 Å². The summed E-state index contributed by atoms with van der Waals surface area (Å²) < 4.78 is 0. The van der Waals surface area contributed by atoms with E-state index in [0.717, 1.165) is 10.7 Å². The van der Waals surface area contributed by atoms with E-state index in [1.54, 1.807) is 10.4 Å². The average Bonchev–Trinajstić information content (AvgIpc) is 3.63. The van der Waals surface area contributed by atoms with E-state index in [9.17, 15) is 0 Å². The highest BCUT2D eigenvalue weighted by Crippen LogP contribution is 2.59. The third-order valence-electron chi connectivity index (χ3n) is 14.3. The van der Waals surface area contributed by atoms with E-state index in [0.29, 0.717) is 0 Å². The smallest absolute Gasteiger partial charge is 0.121 e. The van der Waals surface area contributed by atoms with Crippen LogP contribution >= 0.6 is 78.9 Å². The molecule has 0 spiro atoms. The quantitative estimate of drug-likeness (QED) is 0.0265. The minimum Gasteiger partial charge on any atom is -0.166 e. The van der Waals surface area contributed by atoms with Gasteiger partial charge in [0.15, 0.2) is 0 Å². The molecule has 4 aromatic rings. The van der Waals surface area contributed by atoms with Crippen LogP contribution in [0.2, 0.25) is 60.4 Å². The third-order valence-corrected chi connectivity index (χ3v) is 35.1. The van der Waals surface area contributed by atoms with Crippen LogP contribution in [0, 0.1) is 0 Å². The molecule has 5 rings (SSSR count). The number of alkyl halides is 2. The molecule has 1 heterocycles. The Labute approximate surface area is 428 Å². The van der Waals surface area contributed by atoms with Crippen LogP contribution in [-0.2, 0) is 0 Å². The number of hydrogen-bond acceptors (Lipinski definition) is 4. The molecule has 0 aliphatic carbocycles. The average molecular weight is 1110 g/mol. The van der Waals surface area contributed by atoms with E-state index in [1.165, 1.54) is 162 Å². The number of allylic oxidation sites excluding steroid dienone is 2. The van der Waals surface area contributed by atoms with Crippen LogP contribution in [0.5, 0.6) is 0 Å². The molecule has 0 bridgehead atoms. The summed E-state index contributed by atoms with van der Waals surface area (Å²) in [5.74, 6) is 5.24. The minimum absolute atomic E-state index is 1.14. The van der Waals surface area contributed by atoms with Crippen LogP contribution in [0.15, 0.2) is 121 Å². The molecule has 1 aliphatic heterocycles. The van der Waals surface area contributed by atoms with Crippen molar-refractivity contribution in [3.63, 3.8) is 0 Å². The van der Waals surface area contributed by atoms with Crippen molar-refractivity contribution in [3.05, 3.63) is 144 Å². The summed E-state index contributed by atoms with van der Waals surface area (Å²) in [6.07, 6.45) is 18.9. The number of thioether (sulfide) groups is 4. The SMILES string of the molecule is CSCCC[Si](CCCBr)(CCCSC)CCC[Si]1(CCC[Si](CCCBr)(CCCSC)CCSC)C(c2ccccc2)=C(c2ccccc2)C(c2ccccc2)=C1c1ccccc1. The van der Waals surface area contributed by atoms with Gasteiger partial charge < -0.3 is 0 Å². The molecule has 0 saturated carbocycles. The standard InChI is InChI=1S/C55H78Br2S4Si3/c1-58-34-19-40-62(38-17-32-56,41-20-35-59-2)43-22-45-64(46-23-44-63(39-18-33-57,47-37-61-4)42-21-36-60-3)54(50-28-13-7-14-29-50)52(48-24-9-5-10-25-48)53(49-26-11-6-12-27-49)55(64)51-30-15-8-16-31-51/h5-16,24-31H,17-23,32-47H2,1-4H3. The van der Waals surface area contributed by atoms with E-state index < -0.39 is 24.2 Å². The topological polar surface area (TPSA) is 0 Å². The van der Waals surface area contributed by atoms with E-state index >= 15 is 0 Å². The van der Waals surface area contributed by atoms with Crippen LogP contribution in [0.25, 0.3) is 21.5 Å². The highest BCUT2D eigenvalue weighted by molar-refractivity contribution is 9.09. The second kappa shape index (κ2) is 30.1. The van der Waals surface area contributed by atoms with Gasteiger partial charge in [0.1, 0.15) is 8.07 Å². The molecule has 0 radical (unpaired) electrons. The van der Waals surface area contributed by atoms with Gasteiger partial charge >= 0.3 is 0 Å². The maximum absolute atomic E-state index is 3.92. The van der Waals surface area contributed by atoms with Crippen molar-refractivity contribution in [2.24, 2.45) is 0 Å². The first-order valence-corrected chi connectivity index (χ1v) is 40.1. The molecule has 9 heteroatoms. The van der Waals surface area contributed by atoms with E-state index in [1.807, 2.05) is 0 Å². The summed E-state index contributed by atoms with van der Waals surface area (Å²) in [6, 6.07) is 61.6. The van der Waals surface area contributed by atoms with Crippen molar-refractivity contribution in [1.29, 1.82) is 0 Å². The molecule has 0 nitrogen and oxygen atoms in total. The Bertz CT molecular complexity index is 1830. The molecular formula is C55H78Br2S4Si3. The van der Waals surface area contributed by atoms with Gasteiger partial charge in [-0.2, -0.15) is 47.0 Å². The normalized spacial score (nSPS) is 15.0. The van der Waals surface area contributed by atoms with E-state index in [2.05, 4.69) is 225 Å². The Morgan fingerprint density at radius 3 is 0.984 bits per heavy atom. The van der Waals surface area contributed by atoms with Gasteiger partial charge in [-0.05, 0) is 142 Å². The van der Waals surface area contributed by atoms with Crippen molar-refractivity contribution in [3.8, 4) is 0 Å². The molecule has 0 fully saturated rings. The number of hydrogen-bond donors (Lipinski definition) is 0. The molecule has 0 saturated heterocycles. The van der Waals surface area contributed by atoms with Crippen LogP contribution in [0.4, 0.5) is 0 Å². The zero-order chi connectivity index (χ0) is 45.4. The molecule has 64 heavy (non-hydrogen) atoms. The Kier molecular flexibility index (Phi) is 25.5. The second-order valence-electron chi connectivity index (χ2n) is 18.4. The van der Waals surface area contributed by atoms with Crippen molar-refractivity contribution in [2.45, 2.75) is 105 Å². The number of benzene rings is 4. The lowest BCUT2D eigenvalue weighted by molar-refractivity contribution is 0.879. The number of halogens is 2. The largest absolute Gasteiger partial charge is 0.166 e. The van der Waals surface area contributed by atoms with Gasteiger partial charge in [-0.3, -0.25) is 0 Å². The van der Waals surface area contributed by atoms with Crippen molar-refractivity contribution >= 4 is 125 Å². The van der Waals surface area contributed by atoms with Gasteiger partial charge in [0.05, 0.1) is 16.1 Å². The van der Waals surface area contributed by atoms with Crippen molar-refractivity contribution in [2.75, 3.05) is 58.7 Å². The van der Waals surface area contributed by atoms with Gasteiger partial charge in [-0.25, -0.2) is 0 Å². The Balaban J connectivity index is 1.79. The van der Waals surface area contributed by atoms with Crippen molar-refractivity contribution in [1.82, 2.24) is 0 Å². The lowest BCUT2D eigenvalue weighted by Crippen LogP contribution is -2.40. The summed E-state index contributed by atoms with van der Waals surface area (Å²) in [6.45, 7) is 0. The predicted octanol–water partition coefficient (Wildman–Crippen LogP) is 18.6. The molecule has 1 unspecified atom stereocenters. The second-order valence-corrected chi connectivity index (χ2v) is 38.1. The van der Waals surface area contributed by atoms with Gasteiger partial charge in [0, 0.05) is 10.7 Å². The van der Waals surface area contributed by atoms with Gasteiger partial charge in [0.2, 0.25) is 0 Å². The van der Waals surface area contributed by atoms with Crippen molar-refractivity contribution < 1.29 is 0 Å². The first kappa shape index (κ1) is 54.3. The van der Waals surface area contributed by atoms with Crippen LogP contribution < -0.4 is 0 Å². The monoisotopic (exact) mass is 1110 g/mol. The lowest BCUT2D eigenvalue weighted by Gasteiger charge is -2.39. The minimum atomic E-state index is -2.50. The maximum Gasteiger partial charge on any atom is 0.121 e. The molecule has 0 amide bonds. The zero-order valence-corrected chi connectivity index (χ0v) is 49.1. The fraction of sp³-hybridized carbons (Fsp3) is 0.491. The molecule has 1 atom stereocenters.